The highest BCUT2D eigenvalue weighted by molar-refractivity contribution is 7.71. The smallest absolute Gasteiger partial charge is 0.165 e. The van der Waals surface area contributed by atoms with Crippen LogP contribution in [0.5, 0.6) is 0 Å². The van der Waals surface area contributed by atoms with Crippen molar-refractivity contribution in [1.29, 1.82) is 0 Å². The van der Waals surface area contributed by atoms with Crippen LogP contribution in [0.25, 0.3) is 0 Å². The van der Waals surface area contributed by atoms with Crippen LogP contribution in [0.15, 0.2) is 0 Å². The Morgan fingerprint density at radius 2 is 0.571 bits per heavy atom. The maximum absolute atomic E-state index is 7.70. The summed E-state index contributed by atoms with van der Waals surface area (Å²) in [4.78, 5) is 0. The highest BCUT2D eigenvalue weighted by Gasteiger charge is 2.51. The minimum atomic E-state index is -1.85. The van der Waals surface area contributed by atoms with Crippen molar-refractivity contribution < 1.29 is 0 Å². The minimum Gasteiger partial charge on any atom is -0.169 e. The summed E-state index contributed by atoms with van der Waals surface area (Å²) in [6, 6.07) is 5.21. The summed E-state index contributed by atoms with van der Waals surface area (Å²) < 4.78 is 0. The third kappa shape index (κ3) is 12.7. The Kier molecular flexibility index (Phi) is 19.4. The van der Waals surface area contributed by atoms with E-state index in [0.717, 1.165) is 0 Å². The molecule has 0 saturated heterocycles. The third-order valence-corrected chi connectivity index (χ3v) is 30.2. The number of hydrogen-bond donors (Lipinski definition) is 0. The van der Waals surface area contributed by atoms with Gasteiger partial charge in [0.05, 0.1) is 0 Å². The summed E-state index contributed by atoms with van der Waals surface area (Å²) >= 11 is 15.4. The predicted octanol–water partition coefficient (Wildman–Crippen LogP) is 10.8. The first-order chi connectivity index (χ1) is 13.5. The Bertz CT molecular complexity index is 281. The van der Waals surface area contributed by atoms with Crippen LogP contribution in [0.4, 0.5) is 0 Å². The van der Waals surface area contributed by atoms with Gasteiger partial charge < -0.3 is 0 Å². The first-order valence-corrected chi connectivity index (χ1v) is 20.7. The molecule has 0 heterocycles. The largest absolute Gasteiger partial charge is 0.169 e. The van der Waals surface area contributed by atoms with E-state index in [0.29, 0.717) is 0 Å². The monoisotopic (exact) mass is 466 g/mol. The molecule has 0 amide bonds. The zero-order valence-electron chi connectivity index (χ0n) is 19.9. The fourth-order valence-electron chi connectivity index (χ4n) is 4.47. The molecular formula is C24H52Cl2Si2. The number of unbranched alkanes of at least 4 members (excludes halogenated alkanes) is 12. The molecular weight excluding hydrogens is 415 g/mol. The molecule has 4 heteroatoms. The number of hydrogen-bond acceptors (Lipinski definition) is 0. The summed E-state index contributed by atoms with van der Waals surface area (Å²) in [5, 5.41) is 0. The van der Waals surface area contributed by atoms with Crippen molar-refractivity contribution in [3.63, 3.8) is 0 Å². The molecule has 0 nitrogen and oxygen atoms in total. The molecule has 0 aliphatic carbocycles. The van der Waals surface area contributed by atoms with E-state index in [9.17, 15) is 0 Å². The molecule has 0 aromatic heterocycles. The normalized spacial score (nSPS) is 12.6. The summed E-state index contributed by atoms with van der Waals surface area (Å²) in [5.74, 6) is 0. The molecule has 0 bridgehead atoms. The first kappa shape index (κ1) is 29.0. The number of rotatable bonds is 21. The Morgan fingerprint density at radius 3 is 0.750 bits per heavy atom. The van der Waals surface area contributed by atoms with Crippen molar-refractivity contribution in [2.45, 2.75) is 155 Å². The Labute approximate surface area is 190 Å². The SMILES string of the molecule is CCCCCC[Si](Cl)(CCCCCC)[Si](Cl)(CCCCCC)CCCCCC. The second-order valence-electron chi connectivity index (χ2n) is 9.17. The molecule has 0 aromatic rings. The predicted molar refractivity (Wildman–Crippen MR) is 139 cm³/mol. The molecule has 0 radical (unpaired) electrons. The average molecular weight is 468 g/mol. The Hall–Kier alpha value is 1.01. The van der Waals surface area contributed by atoms with Gasteiger partial charge in [0.2, 0.25) is 0 Å². The summed E-state index contributed by atoms with van der Waals surface area (Å²) in [5.41, 5.74) is 0. The van der Waals surface area contributed by atoms with Gasteiger partial charge in [0.15, 0.2) is 13.8 Å². The van der Waals surface area contributed by atoms with Crippen LogP contribution in [0, 0.1) is 0 Å². The van der Waals surface area contributed by atoms with Gasteiger partial charge in [0.25, 0.3) is 0 Å². The highest BCUT2D eigenvalue weighted by atomic mass is 35.6. The molecule has 0 spiro atoms. The topological polar surface area (TPSA) is 0 Å². The maximum atomic E-state index is 7.70. The quantitative estimate of drug-likeness (QED) is 0.0894. The molecule has 0 unspecified atom stereocenters. The van der Waals surface area contributed by atoms with E-state index in [1.807, 2.05) is 0 Å². The van der Waals surface area contributed by atoms with Crippen LogP contribution in [0.1, 0.15) is 130 Å². The minimum absolute atomic E-state index is 1.30. The van der Waals surface area contributed by atoms with Crippen LogP contribution in [-0.2, 0) is 0 Å². The fraction of sp³-hybridized carbons (Fsp3) is 1.00. The maximum Gasteiger partial charge on any atom is 0.165 e. The fourth-order valence-corrected chi connectivity index (χ4v) is 22.5. The van der Waals surface area contributed by atoms with Gasteiger partial charge in [-0.3, -0.25) is 0 Å². The van der Waals surface area contributed by atoms with Gasteiger partial charge in [-0.25, -0.2) is 0 Å². The van der Waals surface area contributed by atoms with Gasteiger partial charge in [-0.15, -0.1) is 0 Å². The van der Waals surface area contributed by atoms with Crippen LogP contribution < -0.4 is 0 Å². The van der Waals surface area contributed by atoms with Gasteiger partial charge in [-0.05, 0) is 24.2 Å². The molecule has 0 saturated carbocycles. The molecule has 28 heavy (non-hydrogen) atoms. The van der Waals surface area contributed by atoms with Crippen LogP contribution in [-0.4, -0.2) is 13.8 Å². The number of halogens is 2. The van der Waals surface area contributed by atoms with E-state index in [2.05, 4.69) is 27.7 Å². The Morgan fingerprint density at radius 1 is 0.357 bits per heavy atom. The van der Waals surface area contributed by atoms with Crippen molar-refractivity contribution in [3.8, 4) is 0 Å². The van der Waals surface area contributed by atoms with Crippen molar-refractivity contribution >= 4 is 36.0 Å². The molecule has 0 aliphatic rings. The van der Waals surface area contributed by atoms with E-state index in [1.165, 1.54) is 127 Å². The third-order valence-electron chi connectivity index (χ3n) is 6.51. The lowest BCUT2D eigenvalue weighted by Gasteiger charge is -2.40. The summed E-state index contributed by atoms with van der Waals surface area (Å²) in [6.07, 6.45) is 21.5. The summed E-state index contributed by atoms with van der Waals surface area (Å²) in [6.45, 7) is 5.52. The average Bonchev–Trinajstić information content (AvgIpc) is 2.69. The molecule has 0 rings (SSSR count). The van der Waals surface area contributed by atoms with Crippen molar-refractivity contribution in [2.75, 3.05) is 0 Å². The molecule has 0 fully saturated rings. The van der Waals surface area contributed by atoms with Crippen molar-refractivity contribution in [1.82, 2.24) is 0 Å². The van der Waals surface area contributed by atoms with E-state index in [4.69, 9.17) is 22.2 Å². The van der Waals surface area contributed by atoms with E-state index in [1.54, 1.807) is 0 Å². The standard InChI is InChI=1S/C24H52Cl2Si2/c1-5-9-13-17-21-27(25,22-18-14-10-6-2)28(26,23-19-15-11-7-3)24-20-16-12-8-4/h5-24H2,1-4H3. The molecule has 0 N–H and O–H groups in total. The zero-order chi connectivity index (χ0) is 21.1. The molecule has 0 aliphatic heterocycles. The van der Waals surface area contributed by atoms with Gasteiger partial charge in [0, 0.05) is 0 Å². The Balaban J connectivity index is 5.11. The van der Waals surface area contributed by atoms with Gasteiger partial charge >= 0.3 is 0 Å². The summed E-state index contributed by atoms with van der Waals surface area (Å²) in [7, 11) is 0. The van der Waals surface area contributed by atoms with Crippen LogP contribution in [0.3, 0.4) is 0 Å². The van der Waals surface area contributed by atoms with Crippen molar-refractivity contribution in [2.24, 2.45) is 0 Å². The van der Waals surface area contributed by atoms with Crippen molar-refractivity contribution in [3.05, 3.63) is 0 Å². The molecule has 0 atom stereocenters. The van der Waals surface area contributed by atoms with Gasteiger partial charge in [-0.2, -0.15) is 22.2 Å². The van der Waals surface area contributed by atoms with E-state index >= 15 is 0 Å². The van der Waals surface area contributed by atoms with Gasteiger partial charge in [0.1, 0.15) is 0 Å². The lowest BCUT2D eigenvalue weighted by atomic mass is 10.2. The van der Waals surface area contributed by atoms with Gasteiger partial charge in [-0.1, -0.05) is 130 Å². The second kappa shape index (κ2) is 18.8. The van der Waals surface area contributed by atoms with E-state index in [-0.39, 0.29) is 0 Å². The molecule has 170 valence electrons. The lowest BCUT2D eigenvalue weighted by molar-refractivity contribution is 0.679. The molecule has 0 aromatic carbocycles. The first-order valence-electron chi connectivity index (χ1n) is 12.9. The van der Waals surface area contributed by atoms with Crippen LogP contribution in [0.2, 0.25) is 24.2 Å². The van der Waals surface area contributed by atoms with E-state index < -0.39 is 13.8 Å². The second-order valence-corrected chi connectivity index (χ2v) is 27.0. The van der Waals surface area contributed by atoms with Crippen LogP contribution >= 0.6 is 22.2 Å². The highest BCUT2D eigenvalue weighted by Crippen LogP contribution is 2.44. The zero-order valence-corrected chi connectivity index (χ0v) is 23.4. The lowest BCUT2D eigenvalue weighted by Crippen LogP contribution is -2.55.